The predicted octanol–water partition coefficient (Wildman–Crippen LogP) is 1.82. The van der Waals surface area contributed by atoms with Gasteiger partial charge in [0.15, 0.2) is 0 Å². The quantitative estimate of drug-likeness (QED) is 0.846. The number of hydrogen-bond acceptors (Lipinski definition) is 3. The van der Waals surface area contributed by atoms with Crippen molar-refractivity contribution in [1.29, 1.82) is 0 Å². The van der Waals surface area contributed by atoms with Crippen molar-refractivity contribution >= 4 is 27.5 Å². The largest absolute Gasteiger partial charge is 0.489 e. The van der Waals surface area contributed by atoms with Crippen molar-refractivity contribution in [1.82, 2.24) is 4.98 Å². The molecule has 1 unspecified atom stereocenters. The maximum Gasteiger partial charge on any atom is 0.138 e. The van der Waals surface area contributed by atoms with Crippen molar-refractivity contribution in [3.63, 3.8) is 0 Å². The first-order chi connectivity index (χ1) is 6.22. The normalized spacial score (nSPS) is 12.5. The molecule has 1 rings (SSSR count). The van der Waals surface area contributed by atoms with Gasteiger partial charge in [-0.2, -0.15) is 0 Å². The van der Waals surface area contributed by atoms with Gasteiger partial charge in [0.1, 0.15) is 18.5 Å². The van der Waals surface area contributed by atoms with E-state index in [0.29, 0.717) is 5.75 Å². The Morgan fingerprint density at radius 1 is 1.62 bits per heavy atom. The van der Waals surface area contributed by atoms with Crippen molar-refractivity contribution < 1.29 is 9.84 Å². The number of ether oxygens (including phenoxy) is 1. The fourth-order valence-corrected chi connectivity index (χ4v) is 1.14. The Morgan fingerprint density at radius 2 is 2.38 bits per heavy atom. The van der Waals surface area contributed by atoms with E-state index in [1.54, 1.807) is 18.5 Å². The van der Waals surface area contributed by atoms with Crippen molar-refractivity contribution in [3.05, 3.63) is 22.9 Å². The van der Waals surface area contributed by atoms with Gasteiger partial charge in [0.05, 0.1) is 12.1 Å². The molecule has 0 saturated carbocycles. The zero-order chi connectivity index (χ0) is 9.68. The van der Waals surface area contributed by atoms with Gasteiger partial charge in [-0.05, 0) is 22.0 Å². The molecule has 1 heterocycles. The molecular weight excluding hydrogens is 257 g/mol. The van der Waals surface area contributed by atoms with Crippen molar-refractivity contribution in [2.75, 3.05) is 12.5 Å². The van der Waals surface area contributed by atoms with Gasteiger partial charge in [0.2, 0.25) is 0 Å². The second kappa shape index (κ2) is 5.42. The van der Waals surface area contributed by atoms with E-state index in [4.69, 9.17) is 21.4 Å². The summed E-state index contributed by atoms with van der Waals surface area (Å²) < 4.78 is 6.05. The lowest BCUT2D eigenvalue weighted by Gasteiger charge is -2.08. The number of rotatable bonds is 4. The zero-order valence-electron chi connectivity index (χ0n) is 6.78. The average Bonchev–Trinajstić information content (AvgIpc) is 2.14. The molecule has 0 aliphatic carbocycles. The van der Waals surface area contributed by atoms with Gasteiger partial charge < -0.3 is 9.84 Å². The van der Waals surface area contributed by atoms with Gasteiger partial charge in [0.25, 0.3) is 0 Å². The van der Waals surface area contributed by atoms with E-state index in [9.17, 15) is 0 Å². The van der Waals surface area contributed by atoms with E-state index in [-0.39, 0.29) is 12.5 Å². The summed E-state index contributed by atoms with van der Waals surface area (Å²) in [7, 11) is 0. The van der Waals surface area contributed by atoms with E-state index in [1.165, 1.54) is 0 Å². The zero-order valence-corrected chi connectivity index (χ0v) is 9.12. The lowest BCUT2D eigenvalue weighted by atomic mass is 10.4. The SMILES string of the molecule is OC(CCl)COc1cncc(Br)c1. The molecule has 0 fully saturated rings. The summed E-state index contributed by atoms with van der Waals surface area (Å²) in [6.07, 6.45) is 2.59. The Labute approximate surface area is 89.8 Å². The molecule has 0 bridgehead atoms. The highest BCUT2D eigenvalue weighted by Gasteiger charge is 2.03. The Kier molecular flexibility index (Phi) is 4.48. The van der Waals surface area contributed by atoms with Crippen LogP contribution >= 0.6 is 27.5 Å². The van der Waals surface area contributed by atoms with Gasteiger partial charge in [-0.25, -0.2) is 0 Å². The second-order valence-corrected chi connectivity index (χ2v) is 3.68. The number of nitrogens with zero attached hydrogens (tertiary/aromatic N) is 1. The van der Waals surface area contributed by atoms with Crippen LogP contribution in [0, 0.1) is 0 Å². The summed E-state index contributed by atoms with van der Waals surface area (Å²) in [5.74, 6) is 0.778. The summed E-state index contributed by atoms with van der Waals surface area (Å²) in [6, 6.07) is 1.77. The Morgan fingerprint density at radius 3 is 3.00 bits per heavy atom. The predicted molar refractivity (Wildman–Crippen MR) is 54.2 cm³/mol. The van der Waals surface area contributed by atoms with E-state index in [1.807, 2.05) is 0 Å². The molecule has 0 amide bonds. The molecule has 0 aliphatic rings. The van der Waals surface area contributed by atoms with Crippen LogP contribution in [0.1, 0.15) is 0 Å². The third kappa shape index (κ3) is 3.93. The van der Waals surface area contributed by atoms with Crippen LogP contribution in [0.4, 0.5) is 0 Å². The first-order valence-corrected chi connectivity index (χ1v) is 5.02. The van der Waals surface area contributed by atoms with Crippen molar-refractivity contribution in [3.8, 4) is 5.75 Å². The van der Waals surface area contributed by atoms with Gasteiger partial charge in [0, 0.05) is 10.7 Å². The van der Waals surface area contributed by atoms with E-state index in [0.717, 1.165) is 4.47 Å². The summed E-state index contributed by atoms with van der Waals surface area (Å²) in [5.41, 5.74) is 0. The van der Waals surface area contributed by atoms with Crippen LogP contribution in [0.3, 0.4) is 0 Å². The maximum atomic E-state index is 9.10. The van der Waals surface area contributed by atoms with Crippen molar-refractivity contribution in [2.24, 2.45) is 0 Å². The highest BCUT2D eigenvalue weighted by molar-refractivity contribution is 9.10. The fraction of sp³-hybridized carbons (Fsp3) is 0.375. The highest BCUT2D eigenvalue weighted by atomic mass is 79.9. The third-order valence-electron chi connectivity index (χ3n) is 1.30. The monoisotopic (exact) mass is 265 g/mol. The average molecular weight is 267 g/mol. The van der Waals surface area contributed by atoms with Crippen LogP contribution in [-0.2, 0) is 0 Å². The van der Waals surface area contributed by atoms with Gasteiger partial charge >= 0.3 is 0 Å². The number of aliphatic hydroxyl groups is 1. The molecular formula is C8H9BrClNO2. The first-order valence-electron chi connectivity index (χ1n) is 3.69. The number of halogens is 2. The van der Waals surface area contributed by atoms with E-state index < -0.39 is 6.10 Å². The molecule has 1 atom stereocenters. The lowest BCUT2D eigenvalue weighted by Crippen LogP contribution is -2.18. The number of hydrogen-bond donors (Lipinski definition) is 1. The van der Waals surface area contributed by atoms with Crippen LogP contribution in [0.2, 0.25) is 0 Å². The maximum absolute atomic E-state index is 9.10. The van der Waals surface area contributed by atoms with Crippen LogP contribution < -0.4 is 4.74 Å². The molecule has 0 spiro atoms. The van der Waals surface area contributed by atoms with Crippen molar-refractivity contribution in [2.45, 2.75) is 6.10 Å². The van der Waals surface area contributed by atoms with Crippen LogP contribution in [0.25, 0.3) is 0 Å². The highest BCUT2D eigenvalue weighted by Crippen LogP contribution is 2.15. The van der Waals surface area contributed by atoms with Crippen LogP contribution in [-0.4, -0.2) is 28.7 Å². The minimum atomic E-state index is -0.638. The number of pyridine rings is 1. The van der Waals surface area contributed by atoms with Gasteiger partial charge in [-0.15, -0.1) is 11.6 Å². The summed E-state index contributed by atoms with van der Waals surface area (Å²) >= 11 is 8.65. The third-order valence-corrected chi connectivity index (χ3v) is 2.09. The molecule has 5 heteroatoms. The van der Waals surface area contributed by atoms with Gasteiger partial charge in [-0.1, -0.05) is 0 Å². The minimum absolute atomic E-state index is 0.168. The molecule has 1 aromatic heterocycles. The number of alkyl halides is 1. The molecule has 72 valence electrons. The summed E-state index contributed by atoms with van der Waals surface area (Å²) in [4.78, 5) is 3.90. The van der Waals surface area contributed by atoms with E-state index in [2.05, 4.69) is 20.9 Å². The molecule has 0 saturated heterocycles. The molecule has 13 heavy (non-hydrogen) atoms. The Hall–Kier alpha value is -0.320. The van der Waals surface area contributed by atoms with Crippen LogP contribution in [0.15, 0.2) is 22.9 Å². The Balaban J connectivity index is 2.45. The summed E-state index contributed by atoms with van der Waals surface area (Å²) in [5, 5.41) is 9.10. The molecule has 0 radical (unpaired) electrons. The fourth-order valence-electron chi connectivity index (χ4n) is 0.708. The second-order valence-electron chi connectivity index (χ2n) is 2.46. The Bertz CT molecular complexity index is 272. The smallest absolute Gasteiger partial charge is 0.138 e. The number of aromatic nitrogens is 1. The van der Waals surface area contributed by atoms with E-state index >= 15 is 0 Å². The van der Waals surface area contributed by atoms with Crippen LogP contribution in [0.5, 0.6) is 5.75 Å². The molecule has 0 aromatic carbocycles. The lowest BCUT2D eigenvalue weighted by molar-refractivity contribution is 0.125. The first kappa shape index (κ1) is 10.8. The molecule has 0 aliphatic heterocycles. The standard InChI is InChI=1S/C8H9BrClNO2/c9-6-1-8(4-11-3-6)13-5-7(12)2-10/h1,3-4,7,12H,2,5H2. The molecule has 1 N–H and O–H groups in total. The minimum Gasteiger partial charge on any atom is -0.489 e. The molecule has 3 nitrogen and oxygen atoms in total. The van der Waals surface area contributed by atoms with Gasteiger partial charge in [-0.3, -0.25) is 4.98 Å². The number of aliphatic hydroxyl groups excluding tert-OH is 1. The topological polar surface area (TPSA) is 42.4 Å². The molecule has 1 aromatic rings. The summed E-state index contributed by atoms with van der Waals surface area (Å²) in [6.45, 7) is 0.182.